The molecule has 0 spiro atoms. The van der Waals surface area contributed by atoms with Crippen LogP contribution in [-0.2, 0) is 6.54 Å². The molecular weight excluding hydrogens is 402 g/mol. The minimum Gasteiger partial charge on any atom is -0.497 e. The molecule has 0 aliphatic carbocycles. The van der Waals surface area contributed by atoms with Crippen molar-refractivity contribution < 1.29 is 9.47 Å². The maximum absolute atomic E-state index is 5.42. The molecule has 0 aromatic heterocycles. The Morgan fingerprint density at radius 3 is 2.19 bits per heavy atom. The largest absolute Gasteiger partial charge is 0.497 e. The van der Waals surface area contributed by atoms with Crippen LogP contribution in [0, 0.1) is 0 Å². The molecule has 1 fully saturated rings. The quantitative estimate of drug-likeness (QED) is 0.485. The number of guanidine groups is 1. The minimum absolute atomic E-state index is 0.396. The number of benzene rings is 2. The van der Waals surface area contributed by atoms with Crippen LogP contribution in [0.25, 0.3) is 0 Å². The van der Waals surface area contributed by atoms with Crippen LogP contribution in [0.1, 0.15) is 25.3 Å². The second-order valence-electron chi connectivity index (χ2n) is 8.23. The summed E-state index contributed by atoms with van der Waals surface area (Å²) in [7, 11) is 7.48. The van der Waals surface area contributed by atoms with Crippen molar-refractivity contribution in [1.82, 2.24) is 10.6 Å². The van der Waals surface area contributed by atoms with Gasteiger partial charge in [0.15, 0.2) is 5.96 Å². The van der Waals surface area contributed by atoms with Crippen LogP contribution in [0.4, 0.5) is 11.4 Å². The molecule has 0 atom stereocenters. The van der Waals surface area contributed by atoms with Crippen molar-refractivity contribution in [2.24, 2.45) is 4.99 Å². The van der Waals surface area contributed by atoms with Gasteiger partial charge in [0.1, 0.15) is 11.5 Å². The third kappa shape index (κ3) is 6.45. The van der Waals surface area contributed by atoms with Gasteiger partial charge >= 0.3 is 0 Å². The fourth-order valence-electron chi connectivity index (χ4n) is 3.84. The number of nitrogens with zero attached hydrogens (tertiary/aromatic N) is 3. The Kier molecular flexibility index (Phi) is 8.48. The number of rotatable bonds is 8. The summed E-state index contributed by atoms with van der Waals surface area (Å²) in [6, 6.07) is 15.0. The standard InChI is InChI=1S/C25H37N5O2/c1-6-26-25(27-18-19-7-9-21(10-8-19)29(2)3)28-20-11-13-30(14-12-20)22-15-23(31-4)17-24(16-22)32-5/h7-10,15-17,20H,6,11-14,18H2,1-5H3,(H2,26,27,28). The molecule has 174 valence electrons. The normalized spacial score (nSPS) is 14.8. The zero-order valence-corrected chi connectivity index (χ0v) is 20.0. The summed E-state index contributed by atoms with van der Waals surface area (Å²) in [5.41, 5.74) is 3.54. The first-order valence-electron chi connectivity index (χ1n) is 11.3. The van der Waals surface area contributed by atoms with Crippen molar-refractivity contribution in [3.05, 3.63) is 48.0 Å². The molecule has 0 radical (unpaired) electrons. The molecule has 1 heterocycles. The molecule has 0 bridgehead atoms. The molecule has 1 saturated heterocycles. The summed E-state index contributed by atoms with van der Waals surface area (Å²) in [4.78, 5) is 9.30. The predicted octanol–water partition coefficient (Wildman–Crippen LogP) is 3.49. The molecular formula is C25H37N5O2. The molecule has 2 aromatic rings. The number of methoxy groups -OCH3 is 2. The maximum Gasteiger partial charge on any atom is 0.191 e. The van der Waals surface area contributed by atoms with Gasteiger partial charge in [0, 0.05) is 69.3 Å². The Bertz CT molecular complexity index is 852. The molecule has 7 heteroatoms. The summed E-state index contributed by atoms with van der Waals surface area (Å²) < 4.78 is 10.8. The van der Waals surface area contributed by atoms with Gasteiger partial charge in [0.2, 0.25) is 0 Å². The third-order valence-corrected chi connectivity index (χ3v) is 5.75. The van der Waals surface area contributed by atoms with Crippen molar-refractivity contribution >= 4 is 17.3 Å². The summed E-state index contributed by atoms with van der Waals surface area (Å²) >= 11 is 0. The van der Waals surface area contributed by atoms with E-state index in [1.54, 1.807) is 14.2 Å². The lowest BCUT2D eigenvalue weighted by atomic mass is 10.0. The lowest BCUT2D eigenvalue weighted by Crippen LogP contribution is -2.48. The van der Waals surface area contributed by atoms with Crippen molar-refractivity contribution in [1.29, 1.82) is 0 Å². The van der Waals surface area contributed by atoms with E-state index in [1.165, 1.54) is 11.3 Å². The fraction of sp³-hybridized carbons (Fsp3) is 0.480. The number of hydrogen-bond acceptors (Lipinski definition) is 5. The topological polar surface area (TPSA) is 61.4 Å². The highest BCUT2D eigenvalue weighted by molar-refractivity contribution is 5.80. The van der Waals surface area contributed by atoms with Gasteiger partial charge in [0.05, 0.1) is 20.8 Å². The maximum atomic E-state index is 5.42. The fourth-order valence-corrected chi connectivity index (χ4v) is 3.84. The van der Waals surface area contributed by atoms with E-state index in [2.05, 4.69) is 77.9 Å². The van der Waals surface area contributed by atoms with Crippen LogP contribution in [0.2, 0.25) is 0 Å². The van der Waals surface area contributed by atoms with E-state index in [-0.39, 0.29) is 0 Å². The third-order valence-electron chi connectivity index (χ3n) is 5.75. The molecule has 0 amide bonds. The van der Waals surface area contributed by atoms with E-state index < -0.39 is 0 Å². The van der Waals surface area contributed by atoms with E-state index in [1.807, 2.05) is 6.07 Å². The Hall–Kier alpha value is -3.09. The average molecular weight is 440 g/mol. The lowest BCUT2D eigenvalue weighted by molar-refractivity contribution is 0.393. The first kappa shape index (κ1) is 23.6. The van der Waals surface area contributed by atoms with E-state index >= 15 is 0 Å². The van der Waals surface area contributed by atoms with Gasteiger partial charge in [-0.25, -0.2) is 4.99 Å². The highest BCUT2D eigenvalue weighted by atomic mass is 16.5. The Morgan fingerprint density at radius 1 is 1.03 bits per heavy atom. The summed E-state index contributed by atoms with van der Waals surface area (Å²) in [6.07, 6.45) is 2.09. The van der Waals surface area contributed by atoms with Gasteiger partial charge in [-0.05, 0) is 37.5 Å². The Labute approximate surface area is 192 Å². The van der Waals surface area contributed by atoms with Gasteiger partial charge < -0.3 is 29.9 Å². The second-order valence-corrected chi connectivity index (χ2v) is 8.23. The average Bonchev–Trinajstić information content (AvgIpc) is 2.83. The number of anilines is 2. The van der Waals surface area contributed by atoms with Gasteiger partial charge in [-0.15, -0.1) is 0 Å². The minimum atomic E-state index is 0.396. The van der Waals surface area contributed by atoms with Crippen LogP contribution in [0.5, 0.6) is 11.5 Å². The zero-order chi connectivity index (χ0) is 22.9. The highest BCUT2D eigenvalue weighted by Gasteiger charge is 2.21. The molecule has 2 N–H and O–H groups in total. The van der Waals surface area contributed by atoms with Crippen LogP contribution in [0.15, 0.2) is 47.5 Å². The molecule has 0 unspecified atom stereocenters. The number of hydrogen-bond donors (Lipinski definition) is 2. The highest BCUT2D eigenvalue weighted by Crippen LogP contribution is 2.30. The molecule has 3 rings (SSSR count). The molecule has 32 heavy (non-hydrogen) atoms. The second kappa shape index (κ2) is 11.5. The van der Waals surface area contributed by atoms with Crippen molar-refractivity contribution in [2.45, 2.75) is 32.4 Å². The zero-order valence-electron chi connectivity index (χ0n) is 20.0. The monoisotopic (exact) mass is 439 g/mol. The van der Waals surface area contributed by atoms with Crippen LogP contribution < -0.4 is 29.9 Å². The smallest absolute Gasteiger partial charge is 0.191 e. The first-order valence-corrected chi connectivity index (χ1v) is 11.3. The predicted molar refractivity (Wildman–Crippen MR) is 134 cm³/mol. The van der Waals surface area contributed by atoms with Crippen LogP contribution >= 0.6 is 0 Å². The number of nitrogens with one attached hydrogen (secondary N) is 2. The summed E-state index contributed by atoms with van der Waals surface area (Å²) in [6.45, 7) is 5.54. The van der Waals surface area contributed by atoms with Gasteiger partial charge in [0.25, 0.3) is 0 Å². The number of aliphatic imine (C=N–C) groups is 1. The van der Waals surface area contributed by atoms with Gasteiger partial charge in [-0.1, -0.05) is 12.1 Å². The van der Waals surface area contributed by atoms with Crippen molar-refractivity contribution in [3.8, 4) is 11.5 Å². The lowest BCUT2D eigenvalue weighted by Gasteiger charge is -2.34. The number of piperidine rings is 1. The summed E-state index contributed by atoms with van der Waals surface area (Å²) in [5, 5.41) is 7.02. The first-order chi connectivity index (χ1) is 15.5. The van der Waals surface area contributed by atoms with Gasteiger partial charge in [-0.2, -0.15) is 0 Å². The molecule has 2 aromatic carbocycles. The van der Waals surface area contributed by atoms with E-state index in [4.69, 9.17) is 14.5 Å². The SMILES string of the molecule is CCNC(=NCc1ccc(N(C)C)cc1)NC1CCN(c2cc(OC)cc(OC)c2)CC1. The Morgan fingerprint density at radius 2 is 1.66 bits per heavy atom. The van der Waals surface area contributed by atoms with Crippen molar-refractivity contribution in [3.63, 3.8) is 0 Å². The molecule has 1 aliphatic heterocycles. The van der Waals surface area contributed by atoms with E-state index in [0.717, 1.165) is 55.6 Å². The Balaban J connectivity index is 1.57. The van der Waals surface area contributed by atoms with E-state index in [0.29, 0.717) is 12.6 Å². The van der Waals surface area contributed by atoms with Gasteiger partial charge in [-0.3, -0.25) is 0 Å². The molecule has 7 nitrogen and oxygen atoms in total. The van der Waals surface area contributed by atoms with Crippen LogP contribution in [-0.4, -0.2) is 60.0 Å². The molecule has 1 aliphatic rings. The van der Waals surface area contributed by atoms with Crippen LogP contribution in [0.3, 0.4) is 0 Å². The number of ether oxygens (including phenoxy) is 2. The summed E-state index contributed by atoms with van der Waals surface area (Å²) in [5.74, 6) is 2.52. The van der Waals surface area contributed by atoms with E-state index in [9.17, 15) is 0 Å². The molecule has 0 saturated carbocycles. The van der Waals surface area contributed by atoms with Crippen molar-refractivity contribution in [2.75, 3.05) is 57.7 Å².